The van der Waals surface area contributed by atoms with Gasteiger partial charge in [0.2, 0.25) is 0 Å². The first-order valence-electron chi connectivity index (χ1n) is 5.05. The highest BCUT2D eigenvalue weighted by atomic mass is 35.5. The molecule has 0 atom stereocenters. The largest absolute Gasteiger partial charge is 0.495 e. The van der Waals surface area contributed by atoms with Gasteiger partial charge in [0, 0.05) is 6.61 Å². The lowest BCUT2D eigenvalue weighted by atomic mass is 9.98. The Bertz CT molecular complexity index is 348. The van der Waals surface area contributed by atoms with E-state index in [0.29, 0.717) is 5.02 Å². The Balaban J connectivity index is 3.11. The Hall–Kier alpha value is -0.730. The normalized spacial score (nSPS) is 10.5. The highest BCUT2D eigenvalue weighted by Gasteiger charge is 2.11. The van der Waals surface area contributed by atoms with Crippen LogP contribution >= 0.6 is 11.6 Å². The Morgan fingerprint density at radius 2 is 2.07 bits per heavy atom. The first kappa shape index (κ1) is 12.3. The molecule has 1 rings (SSSR count). The van der Waals surface area contributed by atoms with Crippen LogP contribution in [0.25, 0.3) is 0 Å². The molecule has 0 bridgehead atoms. The fraction of sp³-hybridized carbons (Fsp3) is 0.500. The van der Waals surface area contributed by atoms with Crippen LogP contribution in [0, 0.1) is 13.8 Å². The van der Waals surface area contributed by atoms with Crippen LogP contribution in [0.2, 0.25) is 5.02 Å². The molecule has 0 aliphatic heterocycles. The van der Waals surface area contributed by atoms with Gasteiger partial charge >= 0.3 is 0 Å². The maximum Gasteiger partial charge on any atom is 0.138 e. The van der Waals surface area contributed by atoms with E-state index < -0.39 is 0 Å². The van der Waals surface area contributed by atoms with E-state index in [1.54, 1.807) is 7.11 Å². The van der Waals surface area contributed by atoms with Crippen molar-refractivity contribution in [1.29, 1.82) is 0 Å². The lowest BCUT2D eigenvalue weighted by molar-refractivity contribution is 0.288. The van der Waals surface area contributed by atoms with E-state index in [9.17, 15) is 0 Å². The standard InChI is InChI=1S/C12H17ClO2/c1-8-7-11(15-3)12(13)9(2)10(8)5-4-6-14/h7,14H,4-6H2,1-3H3. The summed E-state index contributed by atoms with van der Waals surface area (Å²) in [4.78, 5) is 0. The minimum atomic E-state index is 0.211. The van der Waals surface area contributed by atoms with Gasteiger partial charge in [-0.05, 0) is 49.4 Å². The number of rotatable bonds is 4. The van der Waals surface area contributed by atoms with E-state index in [2.05, 4.69) is 0 Å². The maximum atomic E-state index is 8.82. The fourth-order valence-electron chi connectivity index (χ4n) is 1.75. The molecule has 0 aromatic heterocycles. The third-order valence-electron chi connectivity index (χ3n) is 2.63. The van der Waals surface area contributed by atoms with Crippen molar-refractivity contribution in [1.82, 2.24) is 0 Å². The number of aryl methyl sites for hydroxylation is 1. The number of benzene rings is 1. The Labute approximate surface area is 95.8 Å². The highest BCUT2D eigenvalue weighted by molar-refractivity contribution is 6.33. The molecule has 1 N–H and O–H groups in total. The predicted molar refractivity (Wildman–Crippen MR) is 62.9 cm³/mol. The zero-order valence-electron chi connectivity index (χ0n) is 9.43. The minimum absolute atomic E-state index is 0.211. The quantitative estimate of drug-likeness (QED) is 0.859. The van der Waals surface area contributed by atoms with Gasteiger partial charge in [0.15, 0.2) is 0 Å². The molecule has 0 radical (unpaired) electrons. The molecule has 2 nitrogen and oxygen atoms in total. The van der Waals surface area contributed by atoms with Crippen molar-refractivity contribution in [3.63, 3.8) is 0 Å². The first-order chi connectivity index (χ1) is 7.11. The lowest BCUT2D eigenvalue weighted by Crippen LogP contribution is -1.99. The van der Waals surface area contributed by atoms with Crippen molar-refractivity contribution < 1.29 is 9.84 Å². The van der Waals surface area contributed by atoms with Crippen LogP contribution in [0.15, 0.2) is 6.07 Å². The van der Waals surface area contributed by atoms with E-state index in [1.165, 1.54) is 11.1 Å². The van der Waals surface area contributed by atoms with Gasteiger partial charge in [-0.1, -0.05) is 11.6 Å². The van der Waals surface area contributed by atoms with Gasteiger partial charge < -0.3 is 9.84 Å². The van der Waals surface area contributed by atoms with Crippen molar-refractivity contribution in [2.75, 3.05) is 13.7 Å². The summed E-state index contributed by atoms with van der Waals surface area (Å²) >= 11 is 6.16. The zero-order chi connectivity index (χ0) is 11.4. The van der Waals surface area contributed by atoms with Crippen molar-refractivity contribution in [2.45, 2.75) is 26.7 Å². The summed E-state index contributed by atoms with van der Waals surface area (Å²) in [5, 5.41) is 9.50. The van der Waals surface area contributed by atoms with Gasteiger partial charge in [-0.15, -0.1) is 0 Å². The maximum absolute atomic E-state index is 8.82. The summed E-state index contributed by atoms with van der Waals surface area (Å²) in [5.74, 6) is 0.722. The van der Waals surface area contributed by atoms with E-state index in [0.717, 1.165) is 24.2 Å². The summed E-state index contributed by atoms with van der Waals surface area (Å²) in [7, 11) is 1.62. The summed E-state index contributed by atoms with van der Waals surface area (Å²) in [5.41, 5.74) is 3.44. The van der Waals surface area contributed by atoms with E-state index >= 15 is 0 Å². The molecule has 0 saturated carbocycles. The van der Waals surface area contributed by atoms with Gasteiger partial charge in [-0.3, -0.25) is 0 Å². The fourth-order valence-corrected chi connectivity index (χ4v) is 1.99. The van der Waals surface area contributed by atoms with Crippen molar-refractivity contribution in [3.8, 4) is 5.75 Å². The second kappa shape index (κ2) is 5.38. The molecule has 1 aromatic carbocycles. The minimum Gasteiger partial charge on any atom is -0.495 e. The molecular formula is C12H17ClO2. The summed E-state index contributed by atoms with van der Waals surface area (Å²) in [6.07, 6.45) is 1.63. The first-order valence-corrected chi connectivity index (χ1v) is 5.43. The Morgan fingerprint density at radius 3 is 2.60 bits per heavy atom. The summed E-state index contributed by atoms with van der Waals surface area (Å²) < 4.78 is 5.18. The van der Waals surface area contributed by atoms with Crippen LogP contribution in [0.3, 0.4) is 0 Å². The number of aliphatic hydroxyl groups excluding tert-OH is 1. The molecule has 0 spiro atoms. The number of halogens is 1. The molecule has 15 heavy (non-hydrogen) atoms. The van der Waals surface area contributed by atoms with Crippen LogP contribution in [0.1, 0.15) is 23.1 Å². The van der Waals surface area contributed by atoms with Crippen molar-refractivity contribution in [2.24, 2.45) is 0 Å². The third-order valence-corrected chi connectivity index (χ3v) is 3.10. The summed E-state index contributed by atoms with van der Waals surface area (Å²) in [6.45, 7) is 4.24. The SMILES string of the molecule is COc1cc(C)c(CCCO)c(C)c1Cl. The average Bonchev–Trinajstić information content (AvgIpc) is 2.23. The van der Waals surface area contributed by atoms with E-state index in [4.69, 9.17) is 21.4 Å². The van der Waals surface area contributed by atoms with E-state index in [1.807, 2.05) is 19.9 Å². The van der Waals surface area contributed by atoms with Crippen LogP contribution in [0.5, 0.6) is 5.75 Å². The number of aliphatic hydroxyl groups is 1. The Morgan fingerprint density at radius 1 is 1.40 bits per heavy atom. The molecule has 0 fully saturated rings. The number of methoxy groups -OCH3 is 1. The molecule has 3 heteroatoms. The molecule has 0 saturated heterocycles. The molecule has 0 amide bonds. The van der Waals surface area contributed by atoms with Crippen LogP contribution < -0.4 is 4.74 Å². The second-order valence-electron chi connectivity index (χ2n) is 3.64. The topological polar surface area (TPSA) is 29.5 Å². The van der Waals surface area contributed by atoms with Gasteiger partial charge in [0.05, 0.1) is 12.1 Å². The number of ether oxygens (including phenoxy) is 1. The molecule has 0 unspecified atom stereocenters. The monoisotopic (exact) mass is 228 g/mol. The molecule has 0 aliphatic rings. The third kappa shape index (κ3) is 2.64. The average molecular weight is 229 g/mol. The molecule has 84 valence electrons. The van der Waals surface area contributed by atoms with Crippen molar-refractivity contribution >= 4 is 11.6 Å². The van der Waals surface area contributed by atoms with Crippen LogP contribution in [0.4, 0.5) is 0 Å². The second-order valence-corrected chi connectivity index (χ2v) is 4.02. The smallest absolute Gasteiger partial charge is 0.138 e. The van der Waals surface area contributed by atoms with Gasteiger partial charge in [-0.25, -0.2) is 0 Å². The highest BCUT2D eigenvalue weighted by Crippen LogP contribution is 2.33. The molecular weight excluding hydrogens is 212 g/mol. The lowest BCUT2D eigenvalue weighted by Gasteiger charge is -2.14. The predicted octanol–water partition coefficient (Wildman–Crippen LogP) is 2.89. The summed E-state index contributed by atoms with van der Waals surface area (Å²) in [6, 6.07) is 1.95. The molecule has 0 heterocycles. The Kier molecular flexibility index (Phi) is 4.43. The van der Waals surface area contributed by atoms with Crippen LogP contribution in [-0.2, 0) is 6.42 Å². The zero-order valence-corrected chi connectivity index (χ0v) is 10.2. The van der Waals surface area contributed by atoms with Gasteiger partial charge in [0.1, 0.15) is 5.75 Å². The molecule has 0 aliphatic carbocycles. The van der Waals surface area contributed by atoms with Gasteiger partial charge in [-0.2, -0.15) is 0 Å². The van der Waals surface area contributed by atoms with Gasteiger partial charge in [0.25, 0.3) is 0 Å². The number of hydrogen-bond acceptors (Lipinski definition) is 2. The van der Waals surface area contributed by atoms with Crippen molar-refractivity contribution in [3.05, 3.63) is 27.8 Å². The molecule has 1 aromatic rings. The van der Waals surface area contributed by atoms with Crippen LogP contribution in [-0.4, -0.2) is 18.8 Å². The van der Waals surface area contributed by atoms with E-state index in [-0.39, 0.29) is 6.61 Å². The number of hydrogen-bond donors (Lipinski definition) is 1.